The molecular weight excluding hydrogens is 176 g/mol. The Morgan fingerprint density at radius 1 is 1.43 bits per heavy atom. The molecule has 0 bridgehead atoms. The fourth-order valence-corrected chi connectivity index (χ4v) is 1.50. The fraction of sp³-hybridized carbons (Fsp3) is 0.750. The number of unbranched alkanes of at least 4 members (excludes halogenated alkanes) is 1. The molecule has 1 heterocycles. The number of hydrogen-bond donors (Lipinski definition) is 0. The Bertz CT molecular complexity index is 246. The quantitative estimate of drug-likeness (QED) is 0.647. The van der Waals surface area contributed by atoms with Gasteiger partial charge in [-0.05, 0) is 12.5 Å². The van der Waals surface area contributed by atoms with Crippen LogP contribution in [0.3, 0.4) is 0 Å². The van der Waals surface area contributed by atoms with Crippen LogP contribution in [0.25, 0.3) is 0 Å². The summed E-state index contributed by atoms with van der Waals surface area (Å²) in [6.45, 7) is 8.33. The van der Waals surface area contributed by atoms with E-state index in [-0.39, 0.29) is 17.3 Å². The minimum absolute atomic E-state index is 0.00387. The third kappa shape index (κ3) is 2.60. The SMILES string of the molecule is CCCCC1C=C(C(C)(C)C)OC1=O. The smallest absolute Gasteiger partial charge is 0.318 e. The van der Waals surface area contributed by atoms with Crippen LogP contribution >= 0.6 is 0 Å². The molecule has 80 valence electrons. The first-order chi connectivity index (χ1) is 6.45. The molecule has 0 amide bonds. The van der Waals surface area contributed by atoms with Crippen LogP contribution < -0.4 is 0 Å². The summed E-state index contributed by atoms with van der Waals surface area (Å²) in [5.74, 6) is 0.774. The van der Waals surface area contributed by atoms with Crippen molar-refractivity contribution in [2.24, 2.45) is 11.3 Å². The van der Waals surface area contributed by atoms with Gasteiger partial charge in [0, 0.05) is 5.41 Å². The van der Waals surface area contributed by atoms with Crippen molar-refractivity contribution in [1.82, 2.24) is 0 Å². The molecule has 0 saturated carbocycles. The van der Waals surface area contributed by atoms with Gasteiger partial charge in [-0.3, -0.25) is 4.79 Å². The van der Waals surface area contributed by atoms with Crippen molar-refractivity contribution in [3.8, 4) is 0 Å². The zero-order chi connectivity index (χ0) is 10.8. The van der Waals surface area contributed by atoms with Gasteiger partial charge in [0.05, 0.1) is 5.92 Å². The number of ether oxygens (including phenoxy) is 1. The monoisotopic (exact) mass is 196 g/mol. The van der Waals surface area contributed by atoms with Gasteiger partial charge in [-0.1, -0.05) is 40.5 Å². The lowest BCUT2D eigenvalue weighted by Gasteiger charge is -2.17. The van der Waals surface area contributed by atoms with Crippen LogP contribution in [0.4, 0.5) is 0 Å². The highest BCUT2D eigenvalue weighted by Gasteiger charge is 2.32. The first kappa shape index (κ1) is 11.3. The molecule has 1 aliphatic rings. The first-order valence-electron chi connectivity index (χ1n) is 5.39. The topological polar surface area (TPSA) is 26.3 Å². The molecule has 0 aromatic carbocycles. The van der Waals surface area contributed by atoms with E-state index >= 15 is 0 Å². The predicted molar refractivity (Wildman–Crippen MR) is 56.6 cm³/mol. The summed E-state index contributed by atoms with van der Waals surface area (Å²) >= 11 is 0. The van der Waals surface area contributed by atoms with Crippen LogP contribution in [-0.4, -0.2) is 5.97 Å². The van der Waals surface area contributed by atoms with E-state index in [1.165, 1.54) is 0 Å². The number of allylic oxidation sites excluding steroid dienone is 1. The van der Waals surface area contributed by atoms with Gasteiger partial charge in [-0.2, -0.15) is 0 Å². The number of esters is 1. The Morgan fingerprint density at radius 2 is 2.07 bits per heavy atom. The maximum atomic E-state index is 11.5. The number of hydrogen-bond acceptors (Lipinski definition) is 2. The Labute approximate surface area is 86.3 Å². The van der Waals surface area contributed by atoms with E-state index < -0.39 is 0 Å². The van der Waals surface area contributed by atoms with Crippen LogP contribution in [0.1, 0.15) is 47.0 Å². The van der Waals surface area contributed by atoms with Crippen LogP contribution in [0.5, 0.6) is 0 Å². The number of carbonyl (C=O) groups is 1. The molecular formula is C12H20O2. The lowest BCUT2D eigenvalue weighted by molar-refractivity contribution is -0.141. The summed E-state index contributed by atoms with van der Waals surface area (Å²) in [5.41, 5.74) is -0.0450. The molecule has 0 N–H and O–H groups in total. The highest BCUT2D eigenvalue weighted by molar-refractivity contribution is 5.78. The summed E-state index contributed by atoms with van der Waals surface area (Å²) in [6, 6.07) is 0. The van der Waals surface area contributed by atoms with Gasteiger partial charge in [0.15, 0.2) is 0 Å². The summed E-state index contributed by atoms with van der Waals surface area (Å²) in [5, 5.41) is 0. The number of rotatable bonds is 3. The molecule has 1 unspecified atom stereocenters. The second kappa shape index (κ2) is 4.16. The molecule has 2 nitrogen and oxygen atoms in total. The molecule has 0 aromatic heterocycles. The van der Waals surface area contributed by atoms with E-state index in [4.69, 9.17) is 4.74 Å². The molecule has 0 aromatic rings. The van der Waals surface area contributed by atoms with Gasteiger partial charge in [-0.25, -0.2) is 0 Å². The van der Waals surface area contributed by atoms with E-state index in [0.29, 0.717) is 0 Å². The lowest BCUT2D eigenvalue weighted by Crippen LogP contribution is -2.12. The Morgan fingerprint density at radius 3 is 2.50 bits per heavy atom. The molecule has 0 saturated heterocycles. The maximum Gasteiger partial charge on any atom is 0.318 e. The van der Waals surface area contributed by atoms with Crippen LogP contribution in [0.2, 0.25) is 0 Å². The van der Waals surface area contributed by atoms with Crippen molar-refractivity contribution in [1.29, 1.82) is 0 Å². The summed E-state index contributed by atoms with van der Waals surface area (Å²) in [7, 11) is 0. The predicted octanol–water partition coefficient (Wildman–Crippen LogP) is 3.28. The fourth-order valence-electron chi connectivity index (χ4n) is 1.50. The zero-order valence-electron chi connectivity index (χ0n) is 9.59. The van der Waals surface area contributed by atoms with Crippen molar-refractivity contribution < 1.29 is 9.53 Å². The van der Waals surface area contributed by atoms with E-state index in [0.717, 1.165) is 25.0 Å². The van der Waals surface area contributed by atoms with Gasteiger partial charge < -0.3 is 4.74 Å². The van der Waals surface area contributed by atoms with E-state index in [9.17, 15) is 4.79 Å². The van der Waals surface area contributed by atoms with Gasteiger partial charge in [0.2, 0.25) is 0 Å². The van der Waals surface area contributed by atoms with Crippen LogP contribution in [-0.2, 0) is 9.53 Å². The largest absolute Gasteiger partial charge is 0.430 e. The van der Waals surface area contributed by atoms with Gasteiger partial charge in [0.25, 0.3) is 0 Å². The standard InChI is InChI=1S/C12H20O2/c1-5-6-7-9-8-10(12(2,3)4)14-11(9)13/h8-9H,5-7H2,1-4H3. The van der Waals surface area contributed by atoms with Crippen molar-refractivity contribution in [2.45, 2.75) is 47.0 Å². The van der Waals surface area contributed by atoms with E-state index in [1.54, 1.807) is 0 Å². The van der Waals surface area contributed by atoms with Crippen LogP contribution in [0.15, 0.2) is 11.8 Å². The highest BCUT2D eigenvalue weighted by Crippen LogP contribution is 2.34. The Balaban J connectivity index is 2.62. The zero-order valence-corrected chi connectivity index (χ0v) is 9.59. The molecule has 0 spiro atoms. The molecule has 1 atom stereocenters. The van der Waals surface area contributed by atoms with Crippen molar-refractivity contribution in [2.75, 3.05) is 0 Å². The van der Waals surface area contributed by atoms with Crippen molar-refractivity contribution in [3.63, 3.8) is 0 Å². The molecule has 2 heteroatoms. The average Bonchev–Trinajstić information content (AvgIpc) is 2.43. The average molecular weight is 196 g/mol. The Kier molecular flexibility index (Phi) is 3.35. The molecule has 0 radical (unpaired) electrons. The highest BCUT2D eigenvalue weighted by atomic mass is 16.5. The minimum atomic E-state index is -0.0663. The number of carbonyl (C=O) groups excluding carboxylic acids is 1. The molecule has 0 aliphatic carbocycles. The third-order valence-corrected chi connectivity index (χ3v) is 2.47. The van der Waals surface area contributed by atoms with Crippen molar-refractivity contribution >= 4 is 5.97 Å². The minimum Gasteiger partial charge on any atom is -0.430 e. The number of cyclic esters (lactones) is 1. The maximum absolute atomic E-state index is 11.5. The van der Waals surface area contributed by atoms with Gasteiger partial charge in [0.1, 0.15) is 5.76 Å². The summed E-state index contributed by atoms with van der Waals surface area (Å²) < 4.78 is 5.26. The summed E-state index contributed by atoms with van der Waals surface area (Å²) in [4.78, 5) is 11.5. The van der Waals surface area contributed by atoms with Crippen molar-refractivity contribution in [3.05, 3.63) is 11.8 Å². The second-order valence-electron chi connectivity index (χ2n) is 4.95. The van der Waals surface area contributed by atoms with E-state index in [1.807, 2.05) is 6.08 Å². The first-order valence-corrected chi connectivity index (χ1v) is 5.39. The second-order valence-corrected chi connectivity index (χ2v) is 4.95. The lowest BCUT2D eigenvalue weighted by atomic mass is 9.92. The molecule has 14 heavy (non-hydrogen) atoms. The molecule has 1 rings (SSSR count). The van der Waals surface area contributed by atoms with Gasteiger partial charge >= 0.3 is 5.97 Å². The normalized spacial score (nSPS) is 22.1. The van der Waals surface area contributed by atoms with Gasteiger partial charge in [-0.15, -0.1) is 0 Å². The third-order valence-electron chi connectivity index (χ3n) is 2.47. The Hall–Kier alpha value is -0.790. The molecule has 0 fully saturated rings. The van der Waals surface area contributed by atoms with Crippen LogP contribution in [0, 0.1) is 11.3 Å². The summed E-state index contributed by atoms with van der Waals surface area (Å²) in [6.07, 6.45) is 5.14. The molecule has 1 aliphatic heterocycles. The van der Waals surface area contributed by atoms with E-state index in [2.05, 4.69) is 27.7 Å².